The molecule has 1 aromatic heterocycles. The number of amides is 1. The number of ether oxygens (including phenoxy) is 1. The molecular formula is C17H25N5O2S. The van der Waals surface area contributed by atoms with Crippen LogP contribution in [0, 0.1) is 0 Å². The number of nitrogens with zero attached hydrogens (tertiary/aromatic N) is 3. The van der Waals surface area contributed by atoms with Crippen molar-refractivity contribution in [3.8, 4) is 0 Å². The van der Waals surface area contributed by atoms with Crippen LogP contribution in [0.2, 0.25) is 0 Å². The van der Waals surface area contributed by atoms with Crippen LogP contribution in [0.3, 0.4) is 0 Å². The first-order valence-corrected chi connectivity index (χ1v) is 8.78. The monoisotopic (exact) mass is 363 g/mol. The summed E-state index contributed by atoms with van der Waals surface area (Å²) in [6.07, 6.45) is 2.87. The largest absolute Gasteiger partial charge is 0.491 e. The molecule has 1 rings (SSSR count). The molecule has 1 heterocycles. The van der Waals surface area contributed by atoms with Gasteiger partial charge in [0.25, 0.3) is 0 Å². The minimum Gasteiger partial charge on any atom is -0.491 e. The lowest BCUT2D eigenvalue weighted by Gasteiger charge is -2.11. The van der Waals surface area contributed by atoms with Crippen LogP contribution in [-0.4, -0.2) is 41.6 Å². The molecule has 0 bridgehead atoms. The molecule has 25 heavy (non-hydrogen) atoms. The van der Waals surface area contributed by atoms with Crippen LogP contribution in [0.1, 0.15) is 31.8 Å². The van der Waals surface area contributed by atoms with Crippen molar-refractivity contribution in [2.24, 2.45) is 4.99 Å². The van der Waals surface area contributed by atoms with E-state index in [0.29, 0.717) is 22.4 Å². The molecule has 0 aromatic carbocycles. The summed E-state index contributed by atoms with van der Waals surface area (Å²) >= 11 is 1.35. The van der Waals surface area contributed by atoms with Crippen LogP contribution in [0.5, 0.6) is 0 Å². The van der Waals surface area contributed by atoms with E-state index >= 15 is 0 Å². The summed E-state index contributed by atoms with van der Waals surface area (Å²) in [4.78, 5) is 24.9. The zero-order chi connectivity index (χ0) is 18.7. The fraction of sp³-hybridized carbons (Fsp3) is 0.412. The van der Waals surface area contributed by atoms with E-state index in [-0.39, 0.29) is 19.1 Å². The summed E-state index contributed by atoms with van der Waals surface area (Å²) < 4.78 is 5.65. The first kappa shape index (κ1) is 20.9. The van der Waals surface area contributed by atoms with E-state index in [1.165, 1.54) is 11.8 Å². The van der Waals surface area contributed by atoms with Gasteiger partial charge in [-0.15, -0.1) is 0 Å². The van der Waals surface area contributed by atoms with E-state index in [9.17, 15) is 4.79 Å². The maximum Gasteiger partial charge on any atom is 0.239 e. The second kappa shape index (κ2) is 11.4. The van der Waals surface area contributed by atoms with Crippen LogP contribution < -0.4 is 10.6 Å². The molecule has 8 heteroatoms. The molecule has 1 aromatic rings. The second-order valence-electron chi connectivity index (χ2n) is 4.96. The average Bonchev–Trinajstić information content (AvgIpc) is 2.58. The number of hydrogen-bond acceptors (Lipinski definition) is 7. The zero-order valence-electron chi connectivity index (χ0n) is 15.1. The topological polar surface area (TPSA) is 88.5 Å². The van der Waals surface area contributed by atoms with Crippen molar-refractivity contribution in [3.05, 3.63) is 41.4 Å². The van der Waals surface area contributed by atoms with Crippen LogP contribution in [-0.2, 0) is 16.1 Å². The molecule has 0 atom stereocenters. The van der Waals surface area contributed by atoms with E-state index in [4.69, 9.17) is 4.74 Å². The summed E-state index contributed by atoms with van der Waals surface area (Å²) in [5, 5.41) is 7.90. The minimum atomic E-state index is -0.188. The predicted molar refractivity (Wildman–Crippen MR) is 104 cm³/mol. The molecule has 0 fully saturated rings. The summed E-state index contributed by atoms with van der Waals surface area (Å²) in [5.41, 5.74) is 0.609. The molecule has 0 unspecified atom stereocenters. The van der Waals surface area contributed by atoms with Crippen LogP contribution in [0.4, 0.5) is 5.82 Å². The van der Waals surface area contributed by atoms with Crippen molar-refractivity contribution >= 4 is 28.5 Å². The van der Waals surface area contributed by atoms with E-state index in [2.05, 4.69) is 32.2 Å². The zero-order valence-corrected chi connectivity index (χ0v) is 15.9. The van der Waals surface area contributed by atoms with Gasteiger partial charge in [-0.1, -0.05) is 25.3 Å². The van der Waals surface area contributed by atoms with Crippen molar-refractivity contribution < 1.29 is 9.53 Å². The Morgan fingerprint density at radius 3 is 2.84 bits per heavy atom. The number of aliphatic imine (C=N–C) groups is 1. The SMILES string of the molecule is C=CSC(=NC)c1cc(NC(=O)CNC)nc(CO/C(C)=C\CC)n1. The Labute approximate surface area is 153 Å². The first-order valence-electron chi connectivity index (χ1n) is 7.90. The molecule has 2 N–H and O–H groups in total. The number of anilines is 1. The van der Waals surface area contributed by atoms with Crippen molar-refractivity contribution in [2.75, 3.05) is 26.0 Å². The number of likely N-dealkylation sites (N-methyl/N-ethyl adjacent to an activating group) is 1. The lowest BCUT2D eigenvalue weighted by Crippen LogP contribution is -2.26. The van der Waals surface area contributed by atoms with Crippen molar-refractivity contribution in [1.82, 2.24) is 15.3 Å². The number of hydrogen-bond donors (Lipinski definition) is 2. The quantitative estimate of drug-likeness (QED) is 0.398. The van der Waals surface area contributed by atoms with Gasteiger partial charge in [0.2, 0.25) is 5.91 Å². The lowest BCUT2D eigenvalue weighted by atomic mass is 10.3. The van der Waals surface area contributed by atoms with E-state index < -0.39 is 0 Å². The van der Waals surface area contributed by atoms with Gasteiger partial charge in [-0.2, -0.15) is 0 Å². The Hall–Kier alpha value is -2.19. The third-order valence-corrected chi connectivity index (χ3v) is 3.70. The lowest BCUT2D eigenvalue weighted by molar-refractivity contribution is -0.115. The summed E-state index contributed by atoms with van der Waals surface area (Å²) in [7, 11) is 3.38. The van der Waals surface area contributed by atoms with Gasteiger partial charge in [-0.05, 0) is 31.9 Å². The molecule has 136 valence electrons. The predicted octanol–water partition coefficient (Wildman–Crippen LogP) is 2.72. The molecule has 0 radical (unpaired) electrons. The standard InChI is InChI=1S/C17H25N5O2S/c1-6-8-12(3)24-11-15-20-13(17(19-5)25-7-2)9-14(21-15)22-16(23)10-18-4/h7-9,18H,2,6,10-11H2,1,3-5H3,(H,20,21,22,23)/b12-8-,19-17?. The Morgan fingerprint density at radius 2 is 2.24 bits per heavy atom. The summed E-state index contributed by atoms with van der Waals surface area (Å²) in [5.74, 6) is 1.49. The molecule has 0 saturated heterocycles. The Kier molecular flexibility index (Phi) is 9.49. The molecule has 0 spiro atoms. The Morgan fingerprint density at radius 1 is 1.48 bits per heavy atom. The summed E-state index contributed by atoms with van der Waals surface area (Å²) in [6.45, 7) is 8.03. The van der Waals surface area contributed by atoms with Gasteiger partial charge in [0.15, 0.2) is 5.82 Å². The number of allylic oxidation sites excluding steroid dienone is 2. The highest BCUT2D eigenvalue weighted by Gasteiger charge is 2.12. The minimum absolute atomic E-state index is 0.188. The number of carbonyl (C=O) groups excluding carboxylic acids is 1. The number of thioether (sulfide) groups is 1. The number of nitrogens with one attached hydrogen (secondary N) is 2. The average molecular weight is 363 g/mol. The third kappa shape index (κ3) is 7.49. The van der Waals surface area contributed by atoms with E-state index in [1.54, 1.807) is 25.6 Å². The number of rotatable bonds is 9. The van der Waals surface area contributed by atoms with Gasteiger partial charge in [0, 0.05) is 13.1 Å². The van der Waals surface area contributed by atoms with Gasteiger partial charge in [-0.3, -0.25) is 9.79 Å². The van der Waals surface area contributed by atoms with Crippen LogP contribution >= 0.6 is 11.8 Å². The molecule has 0 aliphatic rings. The highest BCUT2D eigenvalue weighted by Crippen LogP contribution is 2.16. The van der Waals surface area contributed by atoms with Crippen LogP contribution in [0.15, 0.2) is 34.9 Å². The van der Waals surface area contributed by atoms with Gasteiger partial charge in [0.05, 0.1) is 12.3 Å². The van der Waals surface area contributed by atoms with Crippen LogP contribution in [0.25, 0.3) is 0 Å². The van der Waals surface area contributed by atoms with E-state index in [0.717, 1.165) is 12.2 Å². The molecule has 7 nitrogen and oxygen atoms in total. The molecule has 0 aliphatic carbocycles. The highest BCUT2D eigenvalue weighted by molar-refractivity contribution is 8.16. The Balaban J connectivity index is 3.10. The summed E-state index contributed by atoms with van der Waals surface area (Å²) in [6, 6.07) is 1.69. The van der Waals surface area contributed by atoms with Gasteiger partial charge < -0.3 is 15.4 Å². The number of carbonyl (C=O) groups is 1. The number of aromatic nitrogens is 2. The van der Waals surface area contributed by atoms with E-state index in [1.807, 2.05) is 19.9 Å². The Bertz CT molecular complexity index is 658. The maximum atomic E-state index is 11.8. The fourth-order valence-corrected chi connectivity index (χ4v) is 2.40. The van der Waals surface area contributed by atoms with Crippen molar-refractivity contribution in [1.29, 1.82) is 0 Å². The molecular weight excluding hydrogens is 338 g/mol. The molecule has 0 saturated carbocycles. The highest BCUT2D eigenvalue weighted by atomic mass is 32.2. The van der Waals surface area contributed by atoms with Crippen molar-refractivity contribution in [2.45, 2.75) is 26.9 Å². The third-order valence-electron chi connectivity index (χ3n) is 2.91. The van der Waals surface area contributed by atoms with Gasteiger partial charge >= 0.3 is 0 Å². The normalized spacial score (nSPS) is 12.0. The van der Waals surface area contributed by atoms with Crippen molar-refractivity contribution in [3.63, 3.8) is 0 Å². The second-order valence-corrected chi connectivity index (χ2v) is 5.91. The van der Waals surface area contributed by atoms with Gasteiger partial charge in [0.1, 0.15) is 23.2 Å². The first-order chi connectivity index (χ1) is 12.0. The molecule has 1 amide bonds. The van der Waals surface area contributed by atoms with Gasteiger partial charge in [-0.25, -0.2) is 9.97 Å². The fourth-order valence-electron chi connectivity index (χ4n) is 1.91. The molecule has 0 aliphatic heterocycles. The maximum absolute atomic E-state index is 11.8. The smallest absolute Gasteiger partial charge is 0.239 e.